The molecule has 0 fully saturated rings. The summed E-state index contributed by atoms with van der Waals surface area (Å²) in [4.78, 5) is 12.2. The topological polar surface area (TPSA) is 55.8 Å². The van der Waals surface area contributed by atoms with Gasteiger partial charge in [-0.2, -0.15) is 0 Å². The van der Waals surface area contributed by atoms with E-state index in [0.717, 1.165) is 19.3 Å². The molecule has 1 unspecified atom stereocenters. The highest BCUT2D eigenvalue weighted by Crippen LogP contribution is 2.16. The first-order valence-corrected chi connectivity index (χ1v) is 20.6. The predicted molar refractivity (Wildman–Crippen MR) is 196 cm³/mol. The molecule has 0 spiro atoms. The standard InChI is InChI=1S/C41H82O4/c1-3-5-7-9-11-13-15-17-19-20-21-23-25-27-29-31-33-35-37-44-39-40(38-42)45-41(43)36-34-32-30-28-26-24-22-18-16-14-12-10-8-6-4-2/h40,42H,3-39H2,1-2H3. The van der Waals surface area contributed by atoms with Crippen molar-refractivity contribution in [2.24, 2.45) is 0 Å². The number of esters is 1. The lowest BCUT2D eigenvalue weighted by Crippen LogP contribution is -2.27. The van der Waals surface area contributed by atoms with Crippen LogP contribution in [0.1, 0.15) is 232 Å². The van der Waals surface area contributed by atoms with E-state index in [0.29, 0.717) is 19.6 Å². The average Bonchev–Trinajstić information content (AvgIpc) is 3.05. The summed E-state index contributed by atoms with van der Waals surface area (Å²) < 4.78 is 11.2. The second-order valence-corrected chi connectivity index (χ2v) is 14.1. The van der Waals surface area contributed by atoms with E-state index in [4.69, 9.17) is 9.47 Å². The molecule has 0 aliphatic heterocycles. The number of hydrogen-bond donors (Lipinski definition) is 1. The molecular formula is C41H82O4. The largest absolute Gasteiger partial charge is 0.457 e. The molecule has 0 aliphatic rings. The Morgan fingerprint density at radius 3 is 1.04 bits per heavy atom. The first-order chi connectivity index (χ1) is 22.2. The molecular weight excluding hydrogens is 556 g/mol. The minimum absolute atomic E-state index is 0.163. The van der Waals surface area contributed by atoms with Gasteiger partial charge in [0.1, 0.15) is 6.10 Å². The van der Waals surface area contributed by atoms with Crippen LogP contribution < -0.4 is 0 Å². The summed E-state index contributed by atoms with van der Waals surface area (Å²) in [5, 5.41) is 9.58. The zero-order valence-corrected chi connectivity index (χ0v) is 30.9. The number of carbonyl (C=O) groups excluding carboxylic acids is 1. The van der Waals surface area contributed by atoms with Crippen LogP contribution in [0.3, 0.4) is 0 Å². The van der Waals surface area contributed by atoms with E-state index in [2.05, 4.69) is 13.8 Å². The molecule has 4 heteroatoms. The van der Waals surface area contributed by atoms with Gasteiger partial charge in [0.15, 0.2) is 0 Å². The summed E-state index contributed by atoms with van der Waals surface area (Å²) in [7, 11) is 0. The van der Waals surface area contributed by atoms with E-state index < -0.39 is 6.10 Å². The second kappa shape index (κ2) is 39.6. The normalized spacial score (nSPS) is 12.2. The molecule has 45 heavy (non-hydrogen) atoms. The van der Waals surface area contributed by atoms with E-state index in [1.165, 1.54) is 193 Å². The van der Waals surface area contributed by atoms with Crippen LogP contribution in [-0.2, 0) is 14.3 Å². The molecule has 0 saturated carbocycles. The van der Waals surface area contributed by atoms with E-state index in [-0.39, 0.29) is 12.6 Å². The predicted octanol–water partition coefficient (Wildman–Crippen LogP) is 13.2. The molecule has 0 rings (SSSR count). The van der Waals surface area contributed by atoms with Crippen molar-refractivity contribution in [3.8, 4) is 0 Å². The Balaban J connectivity index is 3.35. The third-order valence-corrected chi connectivity index (χ3v) is 9.43. The van der Waals surface area contributed by atoms with Crippen molar-refractivity contribution in [1.29, 1.82) is 0 Å². The maximum Gasteiger partial charge on any atom is 0.306 e. The fourth-order valence-electron chi connectivity index (χ4n) is 6.33. The molecule has 0 radical (unpaired) electrons. The molecule has 0 saturated heterocycles. The Morgan fingerprint density at radius 2 is 0.733 bits per heavy atom. The molecule has 270 valence electrons. The van der Waals surface area contributed by atoms with Gasteiger partial charge in [0.25, 0.3) is 0 Å². The Hall–Kier alpha value is -0.610. The zero-order chi connectivity index (χ0) is 32.7. The molecule has 0 aromatic rings. The molecule has 0 bridgehead atoms. The van der Waals surface area contributed by atoms with Crippen LogP contribution in [0.2, 0.25) is 0 Å². The molecule has 0 amide bonds. The molecule has 4 nitrogen and oxygen atoms in total. The summed E-state index contributed by atoms with van der Waals surface area (Å²) in [6.45, 7) is 5.40. The summed E-state index contributed by atoms with van der Waals surface area (Å²) in [5.41, 5.74) is 0. The number of carbonyl (C=O) groups is 1. The van der Waals surface area contributed by atoms with E-state index in [1.54, 1.807) is 0 Å². The van der Waals surface area contributed by atoms with Crippen LogP contribution in [0.15, 0.2) is 0 Å². The summed E-state index contributed by atoms with van der Waals surface area (Å²) in [6.07, 6.45) is 44.4. The Morgan fingerprint density at radius 1 is 0.444 bits per heavy atom. The highest BCUT2D eigenvalue weighted by molar-refractivity contribution is 5.69. The number of unbranched alkanes of at least 4 members (excludes halogenated alkanes) is 31. The Labute approximate surface area is 283 Å². The van der Waals surface area contributed by atoms with Crippen molar-refractivity contribution in [1.82, 2.24) is 0 Å². The smallest absolute Gasteiger partial charge is 0.306 e. The van der Waals surface area contributed by atoms with Crippen LogP contribution in [0.25, 0.3) is 0 Å². The van der Waals surface area contributed by atoms with Gasteiger partial charge in [-0.25, -0.2) is 0 Å². The van der Waals surface area contributed by atoms with Crippen molar-refractivity contribution in [3.05, 3.63) is 0 Å². The number of ether oxygens (including phenoxy) is 2. The Kier molecular flexibility index (Phi) is 39.0. The number of rotatable bonds is 39. The van der Waals surface area contributed by atoms with Gasteiger partial charge in [0.05, 0.1) is 13.2 Å². The molecule has 0 aromatic heterocycles. The first kappa shape index (κ1) is 44.4. The monoisotopic (exact) mass is 639 g/mol. The third kappa shape index (κ3) is 37.7. The van der Waals surface area contributed by atoms with Crippen molar-refractivity contribution >= 4 is 5.97 Å². The zero-order valence-electron chi connectivity index (χ0n) is 30.9. The summed E-state index contributed by atoms with van der Waals surface area (Å²) >= 11 is 0. The van der Waals surface area contributed by atoms with Crippen LogP contribution in [-0.4, -0.2) is 37.0 Å². The van der Waals surface area contributed by atoms with Gasteiger partial charge in [-0.3, -0.25) is 4.79 Å². The van der Waals surface area contributed by atoms with Gasteiger partial charge < -0.3 is 14.6 Å². The fraction of sp³-hybridized carbons (Fsp3) is 0.976. The van der Waals surface area contributed by atoms with Crippen molar-refractivity contribution < 1.29 is 19.4 Å². The van der Waals surface area contributed by atoms with E-state index in [9.17, 15) is 9.90 Å². The van der Waals surface area contributed by atoms with Crippen molar-refractivity contribution in [2.75, 3.05) is 19.8 Å². The maximum absolute atomic E-state index is 12.2. The van der Waals surface area contributed by atoms with Crippen LogP contribution in [0, 0.1) is 0 Å². The van der Waals surface area contributed by atoms with E-state index in [1.807, 2.05) is 0 Å². The maximum atomic E-state index is 12.2. The van der Waals surface area contributed by atoms with Gasteiger partial charge >= 0.3 is 5.97 Å². The summed E-state index contributed by atoms with van der Waals surface area (Å²) in [5.74, 6) is -0.194. The van der Waals surface area contributed by atoms with Crippen LogP contribution in [0.4, 0.5) is 0 Å². The lowest BCUT2D eigenvalue weighted by Gasteiger charge is -2.16. The number of hydrogen-bond acceptors (Lipinski definition) is 4. The van der Waals surface area contributed by atoms with Crippen LogP contribution in [0.5, 0.6) is 0 Å². The summed E-state index contributed by atoms with van der Waals surface area (Å²) in [6, 6.07) is 0. The molecule has 0 aromatic carbocycles. The molecule has 1 atom stereocenters. The molecule has 1 N–H and O–H groups in total. The third-order valence-electron chi connectivity index (χ3n) is 9.43. The van der Waals surface area contributed by atoms with E-state index >= 15 is 0 Å². The van der Waals surface area contributed by atoms with Crippen molar-refractivity contribution in [2.45, 2.75) is 238 Å². The second-order valence-electron chi connectivity index (χ2n) is 14.1. The molecule has 0 heterocycles. The van der Waals surface area contributed by atoms with Gasteiger partial charge in [-0.15, -0.1) is 0 Å². The number of aliphatic hydroxyl groups excluding tert-OH is 1. The highest BCUT2D eigenvalue weighted by Gasteiger charge is 2.13. The van der Waals surface area contributed by atoms with Gasteiger partial charge in [-0.05, 0) is 12.8 Å². The van der Waals surface area contributed by atoms with Gasteiger partial charge in [0, 0.05) is 13.0 Å². The van der Waals surface area contributed by atoms with Gasteiger partial charge in [0.2, 0.25) is 0 Å². The van der Waals surface area contributed by atoms with Crippen LogP contribution >= 0.6 is 0 Å². The minimum atomic E-state index is -0.524. The fourth-order valence-corrected chi connectivity index (χ4v) is 6.33. The van der Waals surface area contributed by atoms with Gasteiger partial charge in [-0.1, -0.05) is 213 Å². The minimum Gasteiger partial charge on any atom is -0.457 e. The lowest BCUT2D eigenvalue weighted by molar-refractivity contribution is -0.154. The average molecular weight is 639 g/mol. The highest BCUT2D eigenvalue weighted by atomic mass is 16.6. The molecule has 0 aliphatic carbocycles. The first-order valence-electron chi connectivity index (χ1n) is 20.6. The number of aliphatic hydroxyl groups is 1. The quantitative estimate of drug-likeness (QED) is 0.0537. The van der Waals surface area contributed by atoms with Crippen molar-refractivity contribution in [3.63, 3.8) is 0 Å². The lowest BCUT2D eigenvalue weighted by atomic mass is 10.0. The Bertz CT molecular complexity index is 552. The SMILES string of the molecule is CCCCCCCCCCCCCCCCCCCCOCC(CO)OC(=O)CCCCCCCCCCCCCCCCC.